The van der Waals surface area contributed by atoms with Crippen LogP contribution in [0.25, 0.3) is 0 Å². The molecule has 2 rings (SSSR count). The summed E-state index contributed by atoms with van der Waals surface area (Å²) in [6.45, 7) is 1.38. The molecule has 1 heterocycles. The van der Waals surface area contributed by atoms with Gasteiger partial charge in [0.05, 0.1) is 13.0 Å². The summed E-state index contributed by atoms with van der Waals surface area (Å²) >= 11 is 0. The third-order valence-electron chi connectivity index (χ3n) is 2.96. The van der Waals surface area contributed by atoms with E-state index < -0.39 is 5.97 Å². The van der Waals surface area contributed by atoms with E-state index in [4.69, 9.17) is 9.84 Å². The number of methoxy groups -OCH3 is 1. The van der Waals surface area contributed by atoms with E-state index in [1.807, 2.05) is 24.3 Å². The molecule has 1 saturated heterocycles. The smallest absolute Gasteiger partial charge is 0.308 e. The average molecular weight is 221 g/mol. The van der Waals surface area contributed by atoms with E-state index in [0.29, 0.717) is 13.0 Å². The van der Waals surface area contributed by atoms with E-state index >= 15 is 0 Å². The van der Waals surface area contributed by atoms with Gasteiger partial charge in [0, 0.05) is 24.8 Å². The number of carbonyl (C=O) groups is 1. The lowest BCUT2D eigenvalue weighted by Gasteiger charge is -2.18. The quantitative estimate of drug-likeness (QED) is 0.842. The summed E-state index contributed by atoms with van der Waals surface area (Å²) in [5.41, 5.74) is 1.03. The van der Waals surface area contributed by atoms with Crippen molar-refractivity contribution in [1.29, 1.82) is 0 Å². The highest BCUT2D eigenvalue weighted by Gasteiger charge is 2.28. The first-order valence-electron chi connectivity index (χ1n) is 5.32. The molecule has 1 fully saturated rings. The van der Waals surface area contributed by atoms with E-state index in [2.05, 4.69) is 4.90 Å². The fraction of sp³-hybridized carbons (Fsp3) is 0.417. The summed E-state index contributed by atoms with van der Waals surface area (Å²) in [6.07, 6.45) is 0.715. The van der Waals surface area contributed by atoms with Crippen LogP contribution >= 0.6 is 0 Å². The summed E-state index contributed by atoms with van der Waals surface area (Å²) in [5.74, 6) is -0.145. The zero-order valence-corrected chi connectivity index (χ0v) is 9.22. The van der Waals surface area contributed by atoms with Crippen molar-refractivity contribution in [2.45, 2.75) is 6.42 Å². The van der Waals surface area contributed by atoms with Crippen LogP contribution in [0.15, 0.2) is 24.3 Å². The number of hydrogen-bond acceptors (Lipinski definition) is 3. The molecule has 0 radical (unpaired) electrons. The molecule has 0 amide bonds. The van der Waals surface area contributed by atoms with Gasteiger partial charge in [0.1, 0.15) is 5.75 Å². The van der Waals surface area contributed by atoms with Gasteiger partial charge in [-0.05, 0) is 18.6 Å². The lowest BCUT2D eigenvalue weighted by Crippen LogP contribution is -2.22. The standard InChI is InChI=1S/C12H15NO3/c1-16-11-4-2-3-10(7-11)13-6-5-9(8-13)12(14)15/h2-4,7,9H,5-6,8H2,1H3,(H,14,15)/t9-/m0/s1. The first-order valence-corrected chi connectivity index (χ1v) is 5.32. The van der Waals surface area contributed by atoms with Crippen LogP contribution in [0.3, 0.4) is 0 Å². The number of benzene rings is 1. The van der Waals surface area contributed by atoms with Gasteiger partial charge in [-0.2, -0.15) is 0 Å². The van der Waals surface area contributed by atoms with Crippen molar-refractivity contribution in [3.05, 3.63) is 24.3 Å². The van der Waals surface area contributed by atoms with Crippen molar-refractivity contribution in [1.82, 2.24) is 0 Å². The van der Waals surface area contributed by atoms with Crippen molar-refractivity contribution < 1.29 is 14.6 Å². The minimum atomic E-state index is -0.703. The van der Waals surface area contributed by atoms with Gasteiger partial charge < -0.3 is 14.7 Å². The van der Waals surface area contributed by atoms with Crippen molar-refractivity contribution in [2.75, 3.05) is 25.1 Å². The third kappa shape index (κ3) is 2.10. The van der Waals surface area contributed by atoms with Crippen molar-refractivity contribution in [3.63, 3.8) is 0 Å². The molecule has 0 aromatic heterocycles. The molecule has 4 heteroatoms. The second kappa shape index (κ2) is 4.43. The molecule has 0 aliphatic carbocycles. The number of carboxylic acid groups (broad SMARTS) is 1. The summed E-state index contributed by atoms with van der Waals surface area (Å²) < 4.78 is 5.15. The Bertz CT molecular complexity index is 392. The Morgan fingerprint density at radius 1 is 1.56 bits per heavy atom. The lowest BCUT2D eigenvalue weighted by molar-refractivity contribution is -0.140. The van der Waals surface area contributed by atoms with Crippen molar-refractivity contribution in [3.8, 4) is 5.75 Å². The number of anilines is 1. The first kappa shape index (κ1) is 10.8. The fourth-order valence-corrected chi connectivity index (χ4v) is 2.00. The Hall–Kier alpha value is -1.71. The Balaban J connectivity index is 2.11. The SMILES string of the molecule is COc1cccc(N2CC[C@H](C(=O)O)C2)c1. The Kier molecular flexibility index (Phi) is 2.99. The number of ether oxygens (including phenoxy) is 1. The van der Waals surface area contributed by atoms with Gasteiger partial charge in [-0.25, -0.2) is 0 Å². The number of carboxylic acids is 1. The van der Waals surface area contributed by atoms with Gasteiger partial charge in [-0.3, -0.25) is 4.79 Å². The van der Waals surface area contributed by atoms with E-state index in [-0.39, 0.29) is 5.92 Å². The average Bonchev–Trinajstić information content (AvgIpc) is 2.78. The van der Waals surface area contributed by atoms with Gasteiger partial charge in [0.15, 0.2) is 0 Å². The largest absolute Gasteiger partial charge is 0.497 e. The van der Waals surface area contributed by atoms with Crippen LogP contribution in [-0.4, -0.2) is 31.3 Å². The van der Waals surface area contributed by atoms with Crippen LogP contribution in [0, 0.1) is 5.92 Å². The van der Waals surface area contributed by atoms with E-state index in [1.165, 1.54) is 0 Å². The summed E-state index contributed by atoms with van der Waals surface area (Å²) in [6, 6.07) is 7.72. The second-order valence-electron chi connectivity index (χ2n) is 3.97. The fourth-order valence-electron chi connectivity index (χ4n) is 2.00. The maximum atomic E-state index is 10.9. The Morgan fingerprint density at radius 2 is 2.38 bits per heavy atom. The molecule has 0 bridgehead atoms. The molecular formula is C12H15NO3. The highest BCUT2D eigenvalue weighted by atomic mass is 16.5. The molecule has 1 aliphatic rings. The zero-order chi connectivity index (χ0) is 11.5. The van der Waals surface area contributed by atoms with Crippen LogP contribution in [0.1, 0.15) is 6.42 Å². The van der Waals surface area contributed by atoms with Crippen LogP contribution in [0.4, 0.5) is 5.69 Å². The van der Waals surface area contributed by atoms with Crippen molar-refractivity contribution in [2.24, 2.45) is 5.92 Å². The molecular weight excluding hydrogens is 206 g/mol. The number of aliphatic carboxylic acids is 1. The van der Waals surface area contributed by atoms with Crippen LogP contribution < -0.4 is 9.64 Å². The number of rotatable bonds is 3. The predicted octanol–water partition coefficient (Wildman–Crippen LogP) is 1.61. The minimum absolute atomic E-state index is 0.244. The van der Waals surface area contributed by atoms with Crippen LogP contribution in [-0.2, 0) is 4.79 Å². The van der Waals surface area contributed by atoms with Gasteiger partial charge in [-0.1, -0.05) is 6.07 Å². The molecule has 86 valence electrons. The molecule has 1 aliphatic heterocycles. The van der Waals surface area contributed by atoms with Crippen LogP contribution in [0.2, 0.25) is 0 Å². The Labute approximate surface area is 94.4 Å². The molecule has 1 atom stereocenters. The monoisotopic (exact) mass is 221 g/mol. The first-order chi connectivity index (χ1) is 7.70. The number of hydrogen-bond donors (Lipinski definition) is 1. The van der Waals surface area contributed by atoms with Gasteiger partial charge in [0.25, 0.3) is 0 Å². The van der Waals surface area contributed by atoms with Crippen LogP contribution in [0.5, 0.6) is 5.75 Å². The normalized spacial score (nSPS) is 19.8. The Morgan fingerprint density at radius 3 is 3.00 bits per heavy atom. The molecule has 0 spiro atoms. The summed E-state index contributed by atoms with van der Waals surface area (Å²) in [5, 5.41) is 8.93. The predicted molar refractivity (Wildman–Crippen MR) is 60.9 cm³/mol. The number of nitrogens with zero attached hydrogens (tertiary/aromatic N) is 1. The lowest BCUT2D eigenvalue weighted by atomic mass is 10.1. The summed E-state index contributed by atoms with van der Waals surface area (Å²) in [7, 11) is 1.63. The molecule has 4 nitrogen and oxygen atoms in total. The maximum absolute atomic E-state index is 10.9. The van der Waals surface area contributed by atoms with Crippen molar-refractivity contribution >= 4 is 11.7 Å². The van der Waals surface area contributed by atoms with E-state index in [1.54, 1.807) is 7.11 Å². The van der Waals surface area contributed by atoms with E-state index in [9.17, 15) is 4.79 Å². The molecule has 16 heavy (non-hydrogen) atoms. The third-order valence-corrected chi connectivity index (χ3v) is 2.96. The molecule has 0 unspecified atom stereocenters. The van der Waals surface area contributed by atoms with E-state index in [0.717, 1.165) is 18.0 Å². The second-order valence-corrected chi connectivity index (χ2v) is 3.97. The highest BCUT2D eigenvalue weighted by molar-refractivity contribution is 5.72. The highest BCUT2D eigenvalue weighted by Crippen LogP contribution is 2.26. The van der Waals surface area contributed by atoms with Gasteiger partial charge in [0.2, 0.25) is 0 Å². The topological polar surface area (TPSA) is 49.8 Å². The molecule has 1 N–H and O–H groups in total. The van der Waals surface area contributed by atoms with Gasteiger partial charge in [-0.15, -0.1) is 0 Å². The van der Waals surface area contributed by atoms with Gasteiger partial charge >= 0.3 is 5.97 Å². The minimum Gasteiger partial charge on any atom is -0.497 e. The molecule has 0 saturated carbocycles. The molecule has 1 aromatic carbocycles. The molecule has 1 aromatic rings. The maximum Gasteiger partial charge on any atom is 0.308 e. The summed E-state index contributed by atoms with van der Waals surface area (Å²) in [4.78, 5) is 12.9. The zero-order valence-electron chi connectivity index (χ0n) is 9.22.